The molecule has 0 spiro atoms. The molecule has 0 unspecified atom stereocenters. The van der Waals surface area contributed by atoms with Gasteiger partial charge in [0, 0.05) is 21.8 Å². The number of carboxylic acids is 1. The molecule has 0 aliphatic heterocycles. The summed E-state index contributed by atoms with van der Waals surface area (Å²) < 4.78 is 0. The number of nitrogens with zero attached hydrogens (tertiary/aromatic N) is 1. The van der Waals surface area contributed by atoms with Crippen LogP contribution in [0.5, 0.6) is 0 Å². The third kappa shape index (κ3) is 8.04. The highest BCUT2D eigenvalue weighted by atomic mass is 32.2. The van der Waals surface area contributed by atoms with Gasteiger partial charge >= 0.3 is 5.97 Å². The fourth-order valence-corrected chi connectivity index (χ4v) is 5.34. The lowest BCUT2D eigenvalue weighted by atomic mass is 9.90. The second-order valence-electron chi connectivity index (χ2n) is 8.84. The van der Waals surface area contributed by atoms with Crippen molar-refractivity contribution >= 4 is 29.2 Å². The first kappa shape index (κ1) is 25.0. The van der Waals surface area contributed by atoms with Crippen molar-refractivity contribution in [3.05, 3.63) is 60.2 Å². The lowest BCUT2D eigenvalue weighted by Gasteiger charge is -2.16. The highest BCUT2D eigenvalue weighted by Crippen LogP contribution is 2.29. The predicted molar refractivity (Wildman–Crippen MR) is 131 cm³/mol. The van der Waals surface area contributed by atoms with Crippen LogP contribution in [0.25, 0.3) is 0 Å². The van der Waals surface area contributed by atoms with Crippen molar-refractivity contribution in [2.75, 3.05) is 0 Å². The lowest BCUT2D eigenvalue weighted by molar-refractivity contribution is -0.142. The lowest BCUT2D eigenvalue weighted by Crippen LogP contribution is -2.18. The Labute approximate surface area is 200 Å². The van der Waals surface area contributed by atoms with Crippen LogP contribution in [0.15, 0.2) is 69.5 Å². The van der Waals surface area contributed by atoms with Gasteiger partial charge in [0.05, 0.1) is 5.92 Å². The first-order valence-corrected chi connectivity index (χ1v) is 12.7. The molecule has 0 amide bonds. The van der Waals surface area contributed by atoms with Gasteiger partial charge in [-0.3, -0.25) is 9.59 Å². The third-order valence-electron chi connectivity index (χ3n) is 6.37. The van der Waals surface area contributed by atoms with E-state index in [0.29, 0.717) is 17.9 Å². The molecule has 2 aromatic rings. The number of Topliss-reactive ketones (excluding diaryl/α,β-unsaturated/α-hetero) is 1. The normalized spacial score (nSPS) is 17.3. The third-order valence-corrected chi connectivity index (χ3v) is 7.39. The Hall–Kier alpha value is -2.60. The van der Waals surface area contributed by atoms with Crippen LogP contribution >= 0.6 is 11.8 Å². The molecule has 0 heterocycles. The summed E-state index contributed by atoms with van der Waals surface area (Å²) in [6, 6.07) is 17.8. The van der Waals surface area contributed by atoms with E-state index in [0.717, 1.165) is 43.4 Å². The summed E-state index contributed by atoms with van der Waals surface area (Å²) in [6.45, 7) is 0. The molecule has 2 aliphatic rings. The molecule has 2 saturated carbocycles. The molecular formula is C27H33NO4S. The minimum absolute atomic E-state index is 0.0289. The van der Waals surface area contributed by atoms with Gasteiger partial charge in [-0.15, -0.1) is 0 Å². The van der Waals surface area contributed by atoms with Gasteiger partial charge in [0.15, 0.2) is 11.5 Å². The van der Waals surface area contributed by atoms with E-state index in [4.69, 9.17) is 5.11 Å². The molecule has 0 bridgehead atoms. The topological polar surface area (TPSA) is 87.0 Å². The second kappa shape index (κ2) is 13.2. The van der Waals surface area contributed by atoms with E-state index < -0.39 is 5.97 Å². The molecule has 6 heteroatoms. The number of carbonyl (C=O) groups is 2. The minimum Gasteiger partial charge on any atom is -0.481 e. The minimum atomic E-state index is -0.602. The highest BCUT2D eigenvalue weighted by molar-refractivity contribution is 7.99. The van der Waals surface area contributed by atoms with Crippen LogP contribution in [0.4, 0.5) is 0 Å². The van der Waals surface area contributed by atoms with Crippen LogP contribution in [0.3, 0.4) is 0 Å². The van der Waals surface area contributed by atoms with E-state index in [2.05, 4.69) is 17.3 Å². The molecular weight excluding hydrogens is 434 g/mol. The van der Waals surface area contributed by atoms with Crippen molar-refractivity contribution in [1.29, 1.82) is 0 Å². The van der Waals surface area contributed by atoms with Gasteiger partial charge in [-0.25, -0.2) is 0 Å². The second-order valence-corrected chi connectivity index (χ2v) is 9.99. The molecule has 176 valence electrons. The maximum absolute atomic E-state index is 12.4. The summed E-state index contributed by atoms with van der Waals surface area (Å²) in [5.41, 5.74) is 0.857. The fourth-order valence-electron chi connectivity index (χ4n) is 4.50. The van der Waals surface area contributed by atoms with E-state index in [1.807, 2.05) is 42.5 Å². The number of aliphatic carboxylic acids is 1. The van der Waals surface area contributed by atoms with Crippen LogP contribution in [-0.4, -0.2) is 27.8 Å². The Kier molecular flexibility index (Phi) is 10.0. The smallest absolute Gasteiger partial charge is 0.306 e. The molecule has 0 atom stereocenters. The highest BCUT2D eigenvalue weighted by Gasteiger charge is 2.23. The maximum Gasteiger partial charge on any atom is 0.306 e. The Morgan fingerprint density at radius 2 is 1.39 bits per heavy atom. The number of rotatable bonds is 7. The number of benzene rings is 2. The number of carbonyl (C=O) groups excluding carboxylic acids is 1. The summed E-state index contributed by atoms with van der Waals surface area (Å²) in [7, 11) is 0. The molecule has 2 fully saturated rings. The molecule has 2 aromatic carbocycles. The Balaban J connectivity index is 0.000000286. The molecule has 0 aromatic heterocycles. The molecule has 2 N–H and O–H groups in total. The molecule has 33 heavy (non-hydrogen) atoms. The van der Waals surface area contributed by atoms with Gasteiger partial charge in [-0.2, -0.15) is 0 Å². The summed E-state index contributed by atoms with van der Waals surface area (Å²) in [5, 5.41) is 21.1. The molecule has 5 nitrogen and oxygen atoms in total. The van der Waals surface area contributed by atoms with E-state index >= 15 is 0 Å². The average molecular weight is 468 g/mol. The number of ketones is 1. The van der Waals surface area contributed by atoms with Crippen molar-refractivity contribution in [3.63, 3.8) is 0 Å². The van der Waals surface area contributed by atoms with Crippen LogP contribution in [0.1, 0.15) is 69.8 Å². The van der Waals surface area contributed by atoms with Crippen molar-refractivity contribution in [3.8, 4) is 0 Å². The average Bonchev–Trinajstić information content (AvgIpc) is 3.35. The zero-order valence-electron chi connectivity index (χ0n) is 19.0. The van der Waals surface area contributed by atoms with Gasteiger partial charge in [-0.05, 0) is 43.0 Å². The SMILES string of the molecule is O=C(CC1CCCC1)C(=NO)c1ccc(Sc2ccccc2)cc1.O=C(O)C1CCCCC1. The van der Waals surface area contributed by atoms with Crippen molar-refractivity contribution < 1.29 is 19.9 Å². The Bertz CT molecular complexity index is 915. The zero-order chi connectivity index (χ0) is 23.5. The van der Waals surface area contributed by atoms with E-state index in [1.165, 1.54) is 24.2 Å². The summed E-state index contributed by atoms with van der Waals surface area (Å²) in [6.07, 6.45) is 10.3. The van der Waals surface area contributed by atoms with Crippen LogP contribution < -0.4 is 0 Å². The van der Waals surface area contributed by atoms with Crippen molar-refractivity contribution in [2.24, 2.45) is 17.0 Å². The molecule has 0 radical (unpaired) electrons. The quantitative estimate of drug-likeness (QED) is 0.265. The van der Waals surface area contributed by atoms with Crippen molar-refractivity contribution in [2.45, 2.75) is 74.0 Å². The summed E-state index contributed by atoms with van der Waals surface area (Å²) >= 11 is 1.66. The summed E-state index contributed by atoms with van der Waals surface area (Å²) in [4.78, 5) is 25.0. The number of hydrogen-bond acceptors (Lipinski definition) is 5. The van der Waals surface area contributed by atoms with Gasteiger partial charge < -0.3 is 10.3 Å². The maximum atomic E-state index is 12.4. The van der Waals surface area contributed by atoms with E-state index in [-0.39, 0.29) is 17.4 Å². The van der Waals surface area contributed by atoms with Crippen LogP contribution in [-0.2, 0) is 9.59 Å². The van der Waals surface area contributed by atoms with E-state index in [9.17, 15) is 14.8 Å². The van der Waals surface area contributed by atoms with Crippen LogP contribution in [0, 0.1) is 11.8 Å². The number of oxime groups is 1. The fraction of sp³-hybridized carbons (Fsp3) is 0.444. The number of carboxylic acid groups (broad SMARTS) is 1. The van der Waals surface area contributed by atoms with Crippen molar-refractivity contribution in [1.82, 2.24) is 0 Å². The molecule has 2 aliphatic carbocycles. The largest absolute Gasteiger partial charge is 0.481 e. The summed E-state index contributed by atoms with van der Waals surface area (Å²) in [5.74, 6) is -0.247. The van der Waals surface area contributed by atoms with Gasteiger partial charge in [-0.1, -0.05) is 92.2 Å². The Morgan fingerprint density at radius 1 is 0.818 bits per heavy atom. The van der Waals surface area contributed by atoms with Gasteiger partial charge in [0.1, 0.15) is 0 Å². The Morgan fingerprint density at radius 3 is 1.94 bits per heavy atom. The standard InChI is InChI=1S/C20H21NO2S.C7H12O2/c22-19(14-15-6-4-5-7-15)20(21-23)16-10-12-18(13-11-16)24-17-8-2-1-3-9-17;8-7(9)6-4-2-1-3-5-6/h1-3,8-13,15,23H,4-7,14H2;6H,1-5H2,(H,8,9). The van der Waals surface area contributed by atoms with Gasteiger partial charge in [0.2, 0.25) is 0 Å². The first-order valence-electron chi connectivity index (χ1n) is 11.9. The number of hydrogen-bond donors (Lipinski definition) is 2. The predicted octanol–water partition coefficient (Wildman–Crippen LogP) is 6.82. The monoisotopic (exact) mass is 467 g/mol. The van der Waals surface area contributed by atoms with Crippen LogP contribution in [0.2, 0.25) is 0 Å². The zero-order valence-corrected chi connectivity index (χ0v) is 19.8. The van der Waals surface area contributed by atoms with E-state index in [1.54, 1.807) is 11.8 Å². The molecule has 0 saturated heterocycles. The molecule has 4 rings (SSSR count). The van der Waals surface area contributed by atoms with Gasteiger partial charge in [0.25, 0.3) is 0 Å². The first-order chi connectivity index (χ1) is 16.1.